The molecule has 2 heterocycles. The van der Waals surface area contributed by atoms with E-state index in [9.17, 15) is 4.79 Å². The monoisotopic (exact) mass is 368 g/mol. The highest BCUT2D eigenvalue weighted by atomic mass is 32.1. The van der Waals surface area contributed by atoms with Crippen LogP contribution in [0.5, 0.6) is 0 Å². The number of carbonyl (C=O) groups excluding carboxylic acids is 1. The molecule has 4 bridgehead atoms. The molecule has 4 aliphatic carbocycles. The van der Waals surface area contributed by atoms with Gasteiger partial charge in [0.05, 0.1) is 5.41 Å². The Labute approximate surface area is 157 Å². The Bertz CT molecular complexity index is 783. The molecule has 4 aliphatic rings. The van der Waals surface area contributed by atoms with E-state index in [1.54, 1.807) is 12.4 Å². The lowest BCUT2D eigenvalue weighted by molar-refractivity contribution is -0.143. The number of nitrogens with zero attached hydrogens (tertiary/aromatic N) is 4. The first-order valence-corrected chi connectivity index (χ1v) is 10.5. The lowest BCUT2D eigenvalue weighted by Gasteiger charge is -2.56. The summed E-state index contributed by atoms with van der Waals surface area (Å²) in [4.78, 5) is 19.6. The highest BCUT2D eigenvalue weighted by Gasteiger charge is 2.55. The molecule has 6 heteroatoms. The van der Waals surface area contributed by atoms with Crippen LogP contribution >= 0.6 is 11.3 Å². The summed E-state index contributed by atoms with van der Waals surface area (Å²) >= 11 is 1.51. The van der Waals surface area contributed by atoms with E-state index < -0.39 is 0 Å². The van der Waals surface area contributed by atoms with Crippen LogP contribution in [0.15, 0.2) is 24.5 Å². The van der Waals surface area contributed by atoms with Crippen molar-refractivity contribution < 1.29 is 4.79 Å². The maximum atomic E-state index is 13.6. The summed E-state index contributed by atoms with van der Waals surface area (Å²) in [7, 11) is 0. The fraction of sp³-hybridized carbons (Fsp3) is 0.600. The number of rotatable bonds is 4. The largest absolute Gasteiger partial charge is 0.286 e. The van der Waals surface area contributed by atoms with E-state index >= 15 is 0 Å². The predicted octanol–water partition coefficient (Wildman–Crippen LogP) is 4.17. The lowest BCUT2D eigenvalue weighted by Crippen LogP contribution is -2.54. The summed E-state index contributed by atoms with van der Waals surface area (Å²) in [5, 5.41) is 10.3. The van der Waals surface area contributed by atoms with Crippen molar-refractivity contribution in [3.8, 4) is 10.6 Å². The molecular weight excluding hydrogens is 344 g/mol. The molecule has 0 unspecified atom stereocenters. The Kier molecular flexibility index (Phi) is 3.85. The number of hydrogen-bond donors (Lipinski definition) is 0. The Morgan fingerprint density at radius 1 is 1.12 bits per heavy atom. The van der Waals surface area contributed by atoms with Crippen LogP contribution in [0.3, 0.4) is 0 Å². The number of aromatic nitrogens is 3. The molecule has 0 aromatic carbocycles. The molecule has 0 radical (unpaired) electrons. The van der Waals surface area contributed by atoms with Crippen LogP contribution in [0.2, 0.25) is 0 Å². The average molecular weight is 369 g/mol. The van der Waals surface area contributed by atoms with E-state index in [2.05, 4.69) is 15.2 Å². The average Bonchev–Trinajstić information content (AvgIpc) is 3.12. The van der Waals surface area contributed by atoms with E-state index in [0.29, 0.717) is 12.5 Å². The van der Waals surface area contributed by atoms with Crippen molar-refractivity contribution in [2.24, 2.45) is 23.2 Å². The van der Waals surface area contributed by atoms with Crippen LogP contribution in [0.25, 0.3) is 10.6 Å². The van der Waals surface area contributed by atoms with Crippen molar-refractivity contribution in [2.75, 3.05) is 11.4 Å². The van der Waals surface area contributed by atoms with Crippen LogP contribution in [-0.2, 0) is 4.79 Å². The quantitative estimate of drug-likeness (QED) is 0.813. The summed E-state index contributed by atoms with van der Waals surface area (Å²) in [6, 6.07) is 3.86. The Hall–Kier alpha value is -1.82. The Morgan fingerprint density at radius 3 is 2.31 bits per heavy atom. The van der Waals surface area contributed by atoms with Gasteiger partial charge in [0.15, 0.2) is 0 Å². The summed E-state index contributed by atoms with van der Waals surface area (Å²) in [6.07, 6.45) is 10.8. The van der Waals surface area contributed by atoms with Crippen molar-refractivity contribution in [3.05, 3.63) is 24.5 Å². The van der Waals surface area contributed by atoms with Gasteiger partial charge in [-0.3, -0.25) is 14.7 Å². The van der Waals surface area contributed by atoms with Gasteiger partial charge >= 0.3 is 0 Å². The smallest absolute Gasteiger partial charge is 0.235 e. The van der Waals surface area contributed by atoms with Crippen LogP contribution < -0.4 is 4.90 Å². The minimum atomic E-state index is -0.132. The number of hydrogen-bond acceptors (Lipinski definition) is 5. The molecule has 6 rings (SSSR count). The van der Waals surface area contributed by atoms with Gasteiger partial charge in [-0.2, -0.15) is 0 Å². The second-order valence-corrected chi connectivity index (χ2v) is 9.33. The van der Waals surface area contributed by atoms with Crippen LogP contribution in [0.4, 0.5) is 5.13 Å². The molecule has 2 aromatic heterocycles. The second kappa shape index (κ2) is 6.12. The zero-order valence-electron chi connectivity index (χ0n) is 15.1. The van der Waals surface area contributed by atoms with Crippen molar-refractivity contribution in [1.29, 1.82) is 0 Å². The number of carbonyl (C=O) groups is 1. The van der Waals surface area contributed by atoms with Gasteiger partial charge in [0, 0.05) is 24.5 Å². The molecule has 0 N–H and O–H groups in total. The molecule has 1 amide bonds. The molecule has 136 valence electrons. The topological polar surface area (TPSA) is 59.0 Å². The Morgan fingerprint density at radius 2 is 1.73 bits per heavy atom. The summed E-state index contributed by atoms with van der Waals surface area (Å²) in [6.45, 7) is 2.71. The molecule has 5 nitrogen and oxygen atoms in total. The second-order valence-electron chi connectivity index (χ2n) is 8.37. The first-order valence-electron chi connectivity index (χ1n) is 9.73. The summed E-state index contributed by atoms with van der Waals surface area (Å²) in [5.41, 5.74) is 0.870. The first kappa shape index (κ1) is 16.4. The fourth-order valence-electron chi connectivity index (χ4n) is 5.96. The third-order valence-corrected chi connectivity index (χ3v) is 7.62. The van der Waals surface area contributed by atoms with Gasteiger partial charge in [0.1, 0.15) is 5.01 Å². The third kappa shape index (κ3) is 2.57. The standard InChI is InChI=1S/C20H24N4OS/c1-2-24(19-23-22-17(26-19)16-3-5-21-6-4-16)18(25)20-10-13-7-14(11-20)9-15(8-13)12-20/h3-6,13-15H,2,7-12H2,1H3. The summed E-state index contributed by atoms with van der Waals surface area (Å²) < 4.78 is 0. The zero-order chi connectivity index (χ0) is 17.7. The molecule has 26 heavy (non-hydrogen) atoms. The minimum absolute atomic E-state index is 0.132. The van der Waals surface area contributed by atoms with Crippen molar-refractivity contribution >= 4 is 22.4 Å². The van der Waals surface area contributed by atoms with E-state index in [1.165, 1.54) is 30.6 Å². The van der Waals surface area contributed by atoms with Crippen LogP contribution in [0, 0.1) is 23.2 Å². The van der Waals surface area contributed by atoms with Gasteiger partial charge in [-0.25, -0.2) is 0 Å². The maximum Gasteiger partial charge on any atom is 0.235 e. The third-order valence-electron chi connectivity index (χ3n) is 6.63. The number of anilines is 1. The molecule has 0 saturated heterocycles. The van der Waals surface area contributed by atoms with Crippen molar-refractivity contribution in [1.82, 2.24) is 15.2 Å². The highest BCUT2D eigenvalue weighted by molar-refractivity contribution is 7.18. The maximum absolute atomic E-state index is 13.6. The molecule has 4 saturated carbocycles. The lowest BCUT2D eigenvalue weighted by atomic mass is 9.49. The number of amides is 1. The van der Waals surface area contributed by atoms with Crippen LogP contribution in [-0.4, -0.2) is 27.6 Å². The molecule has 2 aromatic rings. The number of pyridine rings is 1. The fourth-order valence-corrected chi connectivity index (χ4v) is 6.87. The predicted molar refractivity (Wildman–Crippen MR) is 102 cm³/mol. The van der Waals surface area contributed by atoms with Gasteiger partial charge in [-0.15, -0.1) is 10.2 Å². The first-order chi connectivity index (χ1) is 12.7. The van der Waals surface area contributed by atoms with E-state index in [-0.39, 0.29) is 5.41 Å². The van der Waals surface area contributed by atoms with Gasteiger partial charge in [-0.1, -0.05) is 11.3 Å². The van der Waals surface area contributed by atoms with Gasteiger partial charge in [0.2, 0.25) is 11.0 Å². The van der Waals surface area contributed by atoms with Gasteiger partial charge in [0.25, 0.3) is 0 Å². The highest BCUT2D eigenvalue weighted by Crippen LogP contribution is 2.60. The minimum Gasteiger partial charge on any atom is -0.286 e. The zero-order valence-corrected chi connectivity index (χ0v) is 15.9. The van der Waals surface area contributed by atoms with E-state index in [4.69, 9.17) is 0 Å². The molecule has 0 spiro atoms. The van der Waals surface area contributed by atoms with E-state index in [0.717, 1.165) is 52.7 Å². The molecule has 4 fully saturated rings. The van der Waals surface area contributed by atoms with Crippen LogP contribution in [0.1, 0.15) is 45.4 Å². The van der Waals surface area contributed by atoms with Crippen molar-refractivity contribution in [3.63, 3.8) is 0 Å². The molecular formula is C20H24N4OS. The van der Waals surface area contributed by atoms with E-state index in [1.807, 2.05) is 24.0 Å². The van der Waals surface area contributed by atoms with Crippen molar-refractivity contribution in [2.45, 2.75) is 45.4 Å². The molecule has 0 atom stereocenters. The van der Waals surface area contributed by atoms with Gasteiger partial charge < -0.3 is 0 Å². The van der Waals surface area contributed by atoms with Gasteiger partial charge in [-0.05, 0) is 75.3 Å². The molecule has 0 aliphatic heterocycles. The SMILES string of the molecule is CCN(C(=O)C12CC3CC(CC(C3)C1)C2)c1nnc(-c2ccncc2)s1. The summed E-state index contributed by atoms with van der Waals surface area (Å²) in [5.74, 6) is 2.61. The Balaban J connectivity index is 1.43. The normalized spacial score (nSPS) is 32.0.